The number of hydrogen-bond donors (Lipinski definition) is 4. The van der Waals surface area contributed by atoms with Crippen molar-refractivity contribution in [2.75, 3.05) is 30.3 Å². The first-order valence-corrected chi connectivity index (χ1v) is 11.3. The van der Waals surface area contributed by atoms with Gasteiger partial charge in [-0.1, -0.05) is 12.1 Å². The van der Waals surface area contributed by atoms with Crippen LogP contribution in [0.25, 0.3) is 22.2 Å². The Morgan fingerprint density at radius 2 is 2.18 bits per heavy atom. The number of para-hydroxylation sites is 1. The number of nitrogens with one attached hydrogen (secondary N) is 3. The van der Waals surface area contributed by atoms with Gasteiger partial charge in [-0.05, 0) is 31.9 Å². The molecule has 5 rings (SSSR count). The zero-order valence-corrected chi connectivity index (χ0v) is 19.5. The first-order chi connectivity index (χ1) is 16.4. The Hall–Kier alpha value is -3.76. The lowest BCUT2D eigenvalue weighted by Gasteiger charge is -2.14. The van der Waals surface area contributed by atoms with Crippen molar-refractivity contribution in [1.29, 1.82) is 0 Å². The van der Waals surface area contributed by atoms with E-state index in [9.17, 15) is 9.90 Å². The standard InChI is InChI=1S/C24H28N8O2/c1-14-10-26-24(28-20-9-15(2)31(3)30-20)29-22(14)18-11-25-23-17(18)5-4-6-19(23)27-21(34)13-32-8-7-16(33)12-32/h4-6,9-11,16,25,33H,7-8,12-13H2,1-3H3,(H,27,34)(H,26,28,29,30)/t16-/m1/s1. The maximum absolute atomic E-state index is 12.6. The van der Waals surface area contributed by atoms with Crippen LogP contribution in [0.1, 0.15) is 17.7 Å². The molecule has 1 fully saturated rings. The molecule has 1 aromatic carbocycles. The molecule has 1 saturated heterocycles. The van der Waals surface area contributed by atoms with Gasteiger partial charge in [-0.25, -0.2) is 9.97 Å². The second-order valence-electron chi connectivity index (χ2n) is 8.80. The number of β-amino-alcohol motifs (C(OH)–C–C–N with tert-alkyl or cyclic N) is 1. The Morgan fingerprint density at radius 1 is 1.32 bits per heavy atom. The van der Waals surface area contributed by atoms with Crippen LogP contribution in [0.3, 0.4) is 0 Å². The number of likely N-dealkylation sites (tertiary alicyclic amines) is 1. The summed E-state index contributed by atoms with van der Waals surface area (Å²) in [5, 5.41) is 21.2. The largest absolute Gasteiger partial charge is 0.392 e. The van der Waals surface area contributed by atoms with Crippen LogP contribution in [0.4, 0.5) is 17.5 Å². The quantitative estimate of drug-likeness (QED) is 0.349. The van der Waals surface area contributed by atoms with Gasteiger partial charge in [0, 0.05) is 55.2 Å². The number of aliphatic hydroxyl groups is 1. The number of anilines is 3. The van der Waals surface area contributed by atoms with E-state index >= 15 is 0 Å². The monoisotopic (exact) mass is 460 g/mol. The predicted molar refractivity (Wildman–Crippen MR) is 131 cm³/mol. The van der Waals surface area contributed by atoms with Gasteiger partial charge in [0.05, 0.1) is 29.5 Å². The average molecular weight is 461 g/mol. The predicted octanol–water partition coefficient (Wildman–Crippen LogP) is 2.72. The van der Waals surface area contributed by atoms with Crippen molar-refractivity contribution in [2.45, 2.75) is 26.4 Å². The number of aryl methyl sites for hydroxylation is 3. The number of carbonyl (C=O) groups excluding carboxylic acids is 1. The molecule has 0 spiro atoms. The van der Waals surface area contributed by atoms with Gasteiger partial charge >= 0.3 is 0 Å². The minimum absolute atomic E-state index is 0.104. The van der Waals surface area contributed by atoms with Crippen LogP contribution in [-0.2, 0) is 11.8 Å². The van der Waals surface area contributed by atoms with Gasteiger partial charge in [-0.2, -0.15) is 5.10 Å². The van der Waals surface area contributed by atoms with Crippen LogP contribution in [0.2, 0.25) is 0 Å². The van der Waals surface area contributed by atoms with E-state index in [-0.39, 0.29) is 18.6 Å². The van der Waals surface area contributed by atoms with Crippen LogP contribution in [0, 0.1) is 13.8 Å². The molecule has 34 heavy (non-hydrogen) atoms. The smallest absolute Gasteiger partial charge is 0.238 e. The maximum Gasteiger partial charge on any atom is 0.238 e. The third-order valence-corrected chi connectivity index (χ3v) is 6.18. The molecule has 0 saturated carbocycles. The highest BCUT2D eigenvalue weighted by atomic mass is 16.3. The number of fused-ring (bicyclic) bond motifs is 1. The molecule has 0 aliphatic carbocycles. The van der Waals surface area contributed by atoms with Crippen molar-refractivity contribution < 1.29 is 9.90 Å². The molecule has 0 unspecified atom stereocenters. The van der Waals surface area contributed by atoms with Crippen molar-refractivity contribution in [2.24, 2.45) is 7.05 Å². The molecular weight excluding hydrogens is 432 g/mol. The van der Waals surface area contributed by atoms with E-state index in [1.807, 2.05) is 56.3 Å². The minimum atomic E-state index is -0.348. The van der Waals surface area contributed by atoms with E-state index < -0.39 is 0 Å². The highest BCUT2D eigenvalue weighted by Gasteiger charge is 2.22. The van der Waals surface area contributed by atoms with Gasteiger partial charge in [0.1, 0.15) is 0 Å². The van der Waals surface area contributed by atoms with E-state index in [0.29, 0.717) is 30.4 Å². The van der Waals surface area contributed by atoms with Crippen LogP contribution in [0.15, 0.2) is 36.7 Å². The van der Waals surface area contributed by atoms with Crippen LogP contribution in [-0.4, -0.2) is 66.4 Å². The summed E-state index contributed by atoms with van der Waals surface area (Å²) < 4.78 is 1.79. The lowest BCUT2D eigenvalue weighted by molar-refractivity contribution is -0.117. The maximum atomic E-state index is 12.6. The fraction of sp³-hybridized carbons (Fsp3) is 0.333. The second kappa shape index (κ2) is 8.88. The van der Waals surface area contributed by atoms with E-state index in [4.69, 9.17) is 4.98 Å². The highest BCUT2D eigenvalue weighted by molar-refractivity contribution is 6.06. The third-order valence-electron chi connectivity index (χ3n) is 6.18. The Balaban J connectivity index is 1.40. The van der Waals surface area contributed by atoms with Gasteiger partial charge in [0.15, 0.2) is 5.82 Å². The van der Waals surface area contributed by atoms with E-state index in [0.717, 1.165) is 40.0 Å². The fourth-order valence-electron chi connectivity index (χ4n) is 4.31. The normalized spacial score (nSPS) is 16.3. The van der Waals surface area contributed by atoms with Crippen LogP contribution in [0.5, 0.6) is 0 Å². The molecule has 176 valence electrons. The summed E-state index contributed by atoms with van der Waals surface area (Å²) in [4.78, 5) is 27.0. The summed E-state index contributed by atoms with van der Waals surface area (Å²) in [6.07, 6.45) is 4.05. The molecule has 1 aliphatic rings. The first kappa shape index (κ1) is 22.1. The molecule has 1 amide bonds. The lowest BCUT2D eigenvalue weighted by atomic mass is 10.1. The number of aromatic nitrogens is 5. The molecule has 0 radical (unpaired) electrons. The molecule has 4 aromatic rings. The second-order valence-corrected chi connectivity index (χ2v) is 8.80. The van der Waals surface area contributed by atoms with Crippen LogP contribution >= 0.6 is 0 Å². The Bertz CT molecular complexity index is 1340. The number of nitrogens with zero attached hydrogens (tertiary/aromatic N) is 5. The first-order valence-electron chi connectivity index (χ1n) is 11.3. The highest BCUT2D eigenvalue weighted by Crippen LogP contribution is 2.33. The number of aromatic amines is 1. The summed E-state index contributed by atoms with van der Waals surface area (Å²) in [6, 6.07) is 7.74. The Labute approximate surface area is 197 Å². The third kappa shape index (κ3) is 4.37. The van der Waals surface area contributed by atoms with E-state index in [1.54, 1.807) is 10.9 Å². The molecule has 1 aliphatic heterocycles. The van der Waals surface area contributed by atoms with Gasteiger partial charge in [0.2, 0.25) is 11.9 Å². The summed E-state index contributed by atoms with van der Waals surface area (Å²) >= 11 is 0. The van der Waals surface area contributed by atoms with E-state index in [2.05, 4.69) is 25.7 Å². The van der Waals surface area contributed by atoms with Gasteiger partial charge in [0.25, 0.3) is 0 Å². The average Bonchev–Trinajstić information content (AvgIpc) is 3.49. The SMILES string of the molecule is Cc1cnc(Nc2cc(C)n(C)n2)nc1-c1c[nH]c2c(NC(=O)CN3CC[C@@H](O)C3)cccc12. The zero-order valence-electron chi connectivity index (χ0n) is 19.5. The van der Waals surface area contributed by atoms with Crippen molar-refractivity contribution in [3.05, 3.63) is 47.9 Å². The Kier molecular flexibility index (Phi) is 5.76. The molecular formula is C24H28N8O2. The van der Waals surface area contributed by atoms with E-state index in [1.165, 1.54) is 0 Å². The van der Waals surface area contributed by atoms with Gasteiger partial charge in [-0.3, -0.25) is 14.4 Å². The zero-order chi connectivity index (χ0) is 23.8. The summed E-state index contributed by atoms with van der Waals surface area (Å²) in [5.41, 5.74) is 5.23. The molecule has 1 atom stereocenters. The number of H-pyrrole nitrogens is 1. The number of benzene rings is 1. The molecule has 3 aromatic heterocycles. The van der Waals surface area contributed by atoms with Gasteiger partial charge < -0.3 is 20.7 Å². The summed E-state index contributed by atoms with van der Waals surface area (Å²) in [7, 11) is 1.89. The number of aliphatic hydroxyl groups excluding tert-OH is 1. The van der Waals surface area contributed by atoms with Crippen molar-refractivity contribution in [3.63, 3.8) is 0 Å². The topological polar surface area (TPSA) is 124 Å². The molecule has 0 bridgehead atoms. The minimum Gasteiger partial charge on any atom is -0.392 e. The van der Waals surface area contributed by atoms with Crippen molar-refractivity contribution in [1.82, 2.24) is 29.6 Å². The number of rotatable bonds is 6. The summed E-state index contributed by atoms with van der Waals surface area (Å²) in [6.45, 7) is 5.47. The lowest BCUT2D eigenvalue weighted by Crippen LogP contribution is -2.32. The Morgan fingerprint density at radius 3 is 2.91 bits per heavy atom. The molecule has 4 heterocycles. The molecule has 10 heteroatoms. The fourth-order valence-corrected chi connectivity index (χ4v) is 4.31. The van der Waals surface area contributed by atoms with Crippen molar-refractivity contribution in [3.8, 4) is 11.3 Å². The molecule has 4 N–H and O–H groups in total. The van der Waals surface area contributed by atoms with Crippen LogP contribution < -0.4 is 10.6 Å². The van der Waals surface area contributed by atoms with Gasteiger partial charge in [-0.15, -0.1) is 0 Å². The number of amides is 1. The molecule has 10 nitrogen and oxygen atoms in total. The number of hydrogen-bond acceptors (Lipinski definition) is 7. The van der Waals surface area contributed by atoms with Crippen molar-refractivity contribution >= 4 is 34.3 Å². The number of carbonyl (C=O) groups is 1. The summed E-state index contributed by atoms with van der Waals surface area (Å²) in [5.74, 6) is 1.04.